The van der Waals surface area contributed by atoms with Crippen molar-refractivity contribution in [2.75, 3.05) is 0 Å². The Hall–Kier alpha value is -3.62. The molecule has 0 bridgehead atoms. The molecule has 3 aromatic carbocycles. The fourth-order valence-corrected chi connectivity index (χ4v) is 4.05. The van der Waals surface area contributed by atoms with Crippen molar-refractivity contribution >= 4 is 11.6 Å². The van der Waals surface area contributed by atoms with E-state index in [1.54, 1.807) is 12.1 Å². The van der Waals surface area contributed by atoms with E-state index in [0.717, 1.165) is 23.1 Å². The molecule has 0 aliphatic carbocycles. The molecule has 0 spiro atoms. The molecule has 0 fully saturated rings. The van der Waals surface area contributed by atoms with Gasteiger partial charge in [-0.25, -0.2) is 0 Å². The van der Waals surface area contributed by atoms with Crippen LogP contribution in [-0.2, 0) is 6.42 Å². The lowest BCUT2D eigenvalue weighted by atomic mass is 9.85. The summed E-state index contributed by atoms with van der Waals surface area (Å²) in [5, 5.41) is 32.3. The van der Waals surface area contributed by atoms with Crippen LogP contribution in [0.1, 0.15) is 53.1 Å². The Morgan fingerprint density at radius 3 is 2.03 bits per heavy atom. The van der Waals surface area contributed by atoms with Crippen molar-refractivity contribution in [2.24, 2.45) is 0 Å². The summed E-state index contributed by atoms with van der Waals surface area (Å²) in [6, 6.07) is 29.2. The van der Waals surface area contributed by atoms with Crippen LogP contribution in [0.4, 0.5) is 0 Å². The minimum absolute atomic E-state index is 0.0105. The molecule has 4 nitrogen and oxygen atoms in total. The van der Waals surface area contributed by atoms with Gasteiger partial charge < -0.3 is 5.32 Å². The Labute approximate surface area is 194 Å². The van der Waals surface area contributed by atoms with Crippen molar-refractivity contribution in [1.82, 2.24) is 5.32 Å². The van der Waals surface area contributed by atoms with E-state index >= 15 is 0 Å². The first-order chi connectivity index (χ1) is 15.5. The minimum Gasteiger partial charge on any atom is -0.306 e. The second kappa shape index (κ2) is 11.1. The summed E-state index contributed by atoms with van der Waals surface area (Å²) in [6.45, 7) is 2.10. The molecule has 0 amide bonds. The first kappa shape index (κ1) is 23.1. The fraction of sp³-hybridized carbons (Fsp3) is 0.222. The lowest BCUT2D eigenvalue weighted by Crippen LogP contribution is -2.36. The molecule has 0 saturated heterocycles. The molecular formula is C27H23ClN4. The number of rotatable bonds is 8. The maximum absolute atomic E-state index is 9.42. The number of halogens is 1. The zero-order valence-corrected chi connectivity index (χ0v) is 18.6. The molecule has 0 aliphatic rings. The average molecular weight is 439 g/mol. The van der Waals surface area contributed by atoms with E-state index in [2.05, 4.69) is 30.4 Å². The van der Waals surface area contributed by atoms with Crippen LogP contribution in [-0.4, -0.2) is 6.04 Å². The normalized spacial score (nSPS) is 13.2. The zero-order valence-electron chi connectivity index (χ0n) is 17.8. The van der Waals surface area contributed by atoms with Gasteiger partial charge >= 0.3 is 0 Å². The number of nitrogens with one attached hydrogen (secondary N) is 1. The fourth-order valence-electron chi connectivity index (χ4n) is 3.92. The highest BCUT2D eigenvalue weighted by molar-refractivity contribution is 6.30. The molecule has 3 aromatic rings. The van der Waals surface area contributed by atoms with Crippen LogP contribution in [0.3, 0.4) is 0 Å². The molecule has 32 heavy (non-hydrogen) atoms. The number of hydrogen-bond donors (Lipinski definition) is 1. The Morgan fingerprint density at radius 1 is 0.844 bits per heavy atom. The predicted molar refractivity (Wildman–Crippen MR) is 126 cm³/mol. The third-order valence-corrected chi connectivity index (χ3v) is 5.85. The summed E-state index contributed by atoms with van der Waals surface area (Å²) in [6.07, 6.45) is 1.03. The zero-order chi connectivity index (χ0) is 22.9. The van der Waals surface area contributed by atoms with Gasteiger partial charge in [-0.15, -0.1) is 0 Å². The van der Waals surface area contributed by atoms with E-state index in [0.29, 0.717) is 16.1 Å². The van der Waals surface area contributed by atoms with E-state index in [9.17, 15) is 15.8 Å². The molecule has 3 rings (SSSR count). The van der Waals surface area contributed by atoms with Gasteiger partial charge in [-0.1, -0.05) is 48.0 Å². The van der Waals surface area contributed by atoms with E-state index in [1.165, 1.54) is 0 Å². The molecule has 3 unspecified atom stereocenters. The molecule has 158 valence electrons. The second-order valence-corrected chi connectivity index (χ2v) is 8.22. The standard InChI is InChI=1S/C27H23ClN4/c1-19(32-27(12-13-29)24-7-3-5-22(15-24)18-31)26(16-20-8-10-25(28)11-9-20)23-6-2-4-21(14-23)17-30/h2-11,14-15,19,26-27,32H,12,16H2,1H3. The van der Waals surface area contributed by atoms with Crippen LogP contribution in [0, 0.1) is 34.0 Å². The smallest absolute Gasteiger partial charge is 0.0991 e. The lowest BCUT2D eigenvalue weighted by Gasteiger charge is -2.30. The van der Waals surface area contributed by atoms with Crippen LogP contribution >= 0.6 is 11.6 Å². The lowest BCUT2D eigenvalue weighted by molar-refractivity contribution is 0.401. The summed E-state index contributed by atoms with van der Waals surface area (Å²) in [5.41, 5.74) is 4.29. The first-order valence-corrected chi connectivity index (χ1v) is 10.8. The molecule has 0 aromatic heterocycles. The highest BCUT2D eigenvalue weighted by Crippen LogP contribution is 2.29. The molecule has 5 heteroatoms. The van der Waals surface area contributed by atoms with Gasteiger partial charge in [-0.3, -0.25) is 0 Å². The van der Waals surface area contributed by atoms with Crippen molar-refractivity contribution in [3.63, 3.8) is 0 Å². The predicted octanol–water partition coefficient (Wildman–Crippen LogP) is 6.04. The number of hydrogen-bond acceptors (Lipinski definition) is 4. The quantitative estimate of drug-likeness (QED) is 0.464. The average Bonchev–Trinajstić information content (AvgIpc) is 2.83. The van der Waals surface area contributed by atoms with Crippen LogP contribution in [0.5, 0.6) is 0 Å². The molecule has 0 radical (unpaired) electrons. The van der Waals surface area contributed by atoms with E-state index in [1.807, 2.05) is 60.7 Å². The van der Waals surface area contributed by atoms with Crippen molar-refractivity contribution in [1.29, 1.82) is 15.8 Å². The van der Waals surface area contributed by atoms with Crippen molar-refractivity contribution in [3.8, 4) is 18.2 Å². The Balaban J connectivity index is 1.92. The van der Waals surface area contributed by atoms with E-state index < -0.39 is 0 Å². The van der Waals surface area contributed by atoms with E-state index in [4.69, 9.17) is 11.6 Å². The second-order valence-electron chi connectivity index (χ2n) is 7.78. The van der Waals surface area contributed by atoms with E-state index in [-0.39, 0.29) is 24.4 Å². The first-order valence-electron chi connectivity index (χ1n) is 10.4. The highest BCUT2D eigenvalue weighted by Gasteiger charge is 2.24. The maximum atomic E-state index is 9.42. The van der Waals surface area contributed by atoms with Crippen LogP contribution < -0.4 is 5.32 Å². The third-order valence-electron chi connectivity index (χ3n) is 5.59. The van der Waals surface area contributed by atoms with Gasteiger partial charge in [0.2, 0.25) is 0 Å². The number of benzene rings is 3. The van der Waals surface area contributed by atoms with Gasteiger partial charge in [-0.05, 0) is 66.4 Å². The summed E-state index contributed by atoms with van der Waals surface area (Å²) in [5.74, 6) is 0.0600. The molecule has 0 saturated carbocycles. The Bertz CT molecular complexity index is 1180. The van der Waals surface area contributed by atoms with Gasteiger partial charge in [0.1, 0.15) is 0 Å². The molecule has 0 heterocycles. The van der Waals surface area contributed by atoms with Gasteiger partial charge in [0, 0.05) is 23.0 Å². The maximum Gasteiger partial charge on any atom is 0.0991 e. The van der Waals surface area contributed by atoms with Crippen LogP contribution in [0.25, 0.3) is 0 Å². The number of nitrogens with zero attached hydrogens (tertiary/aromatic N) is 3. The molecule has 1 N–H and O–H groups in total. The third kappa shape index (κ3) is 5.96. The monoisotopic (exact) mass is 438 g/mol. The van der Waals surface area contributed by atoms with Gasteiger partial charge in [0.05, 0.1) is 35.8 Å². The largest absolute Gasteiger partial charge is 0.306 e. The number of nitriles is 3. The summed E-state index contributed by atoms with van der Waals surface area (Å²) < 4.78 is 0. The highest BCUT2D eigenvalue weighted by atomic mass is 35.5. The van der Waals surface area contributed by atoms with Crippen molar-refractivity contribution in [3.05, 3.63) is 106 Å². The summed E-state index contributed by atoms with van der Waals surface area (Å²) in [7, 11) is 0. The van der Waals surface area contributed by atoms with Crippen molar-refractivity contribution < 1.29 is 0 Å². The van der Waals surface area contributed by atoms with Gasteiger partial charge in [0.25, 0.3) is 0 Å². The molecular weight excluding hydrogens is 416 g/mol. The summed E-state index contributed by atoms with van der Waals surface area (Å²) in [4.78, 5) is 0. The van der Waals surface area contributed by atoms with Crippen LogP contribution in [0.2, 0.25) is 5.02 Å². The SMILES string of the molecule is CC(NC(CC#N)c1cccc(C#N)c1)C(Cc1ccc(Cl)cc1)c1cccc(C#N)c1. The Morgan fingerprint density at radius 2 is 1.44 bits per heavy atom. The molecule has 0 aliphatic heterocycles. The molecule has 3 atom stereocenters. The summed E-state index contributed by atoms with van der Waals surface area (Å²) >= 11 is 6.06. The topological polar surface area (TPSA) is 83.4 Å². The van der Waals surface area contributed by atoms with Gasteiger partial charge in [-0.2, -0.15) is 15.8 Å². The van der Waals surface area contributed by atoms with Crippen LogP contribution in [0.15, 0.2) is 72.8 Å². The van der Waals surface area contributed by atoms with Crippen molar-refractivity contribution in [2.45, 2.75) is 37.8 Å². The van der Waals surface area contributed by atoms with Gasteiger partial charge in [0.15, 0.2) is 0 Å². The minimum atomic E-state index is -0.213. The Kier molecular flexibility index (Phi) is 8.02.